The summed E-state index contributed by atoms with van der Waals surface area (Å²) in [5.74, 6) is 0.639. The lowest BCUT2D eigenvalue weighted by atomic mass is 10.0. The lowest BCUT2D eigenvalue weighted by molar-refractivity contribution is 0.302. The largest absolute Gasteiger partial charge is 0.490 e. The highest BCUT2D eigenvalue weighted by Gasteiger charge is 2.10. The van der Waals surface area contributed by atoms with Gasteiger partial charge in [0.05, 0.1) is 30.7 Å². The van der Waals surface area contributed by atoms with Crippen LogP contribution in [0.2, 0.25) is 0 Å². The average Bonchev–Trinajstić information content (AvgIpc) is 2.74. The molecule has 0 saturated carbocycles. The van der Waals surface area contributed by atoms with Crippen molar-refractivity contribution in [2.75, 3.05) is 6.61 Å². The Labute approximate surface area is 180 Å². The summed E-state index contributed by atoms with van der Waals surface area (Å²) in [5.41, 5.74) is 1.30. The van der Waals surface area contributed by atoms with Crippen LogP contribution in [0.5, 0.6) is 5.75 Å². The number of alkyl halides is 1. The van der Waals surface area contributed by atoms with E-state index >= 15 is 0 Å². The van der Waals surface area contributed by atoms with Crippen LogP contribution in [0.3, 0.4) is 0 Å². The van der Waals surface area contributed by atoms with Crippen molar-refractivity contribution in [1.29, 1.82) is 0 Å². The average molecular weight is 419 g/mol. The zero-order valence-corrected chi connectivity index (χ0v) is 18.5. The SMILES string of the molecule is CCCCCCCCCOc1cnc(-c2ccc(CCCCC(C)F)cc2F)nc1. The molecule has 0 N–H and O–H groups in total. The maximum atomic E-state index is 14.5. The van der Waals surface area contributed by atoms with E-state index in [1.807, 2.05) is 6.07 Å². The molecule has 0 spiro atoms. The summed E-state index contributed by atoms with van der Waals surface area (Å²) in [6.07, 6.45) is 14.1. The number of unbranched alkanes of at least 4 members (excludes halogenated alkanes) is 7. The van der Waals surface area contributed by atoms with Gasteiger partial charge >= 0.3 is 0 Å². The number of aromatic nitrogens is 2. The third-order valence-corrected chi connectivity index (χ3v) is 5.24. The molecule has 30 heavy (non-hydrogen) atoms. The molecule has 0 saturated heterocycles. The van der Waals surface area contributed by atoms with Crippen molar-refractivity contribution in [1.82, 2.24) is 9.97 Å². The lowest BCUT2D eigenvalue weighted by Crippen LogP contribution is -2.00. The quantitative estimate of drug-likeness (QED) is 0.281. The topological polar surface area (TPSA) is 35.0 Å². The summed E-state index contributed by atoms with van der Waals surface area (Å²) >= 11 is 0. The number of aryl methyl sites for hydroxylation is 1. The van der Waals surface area contributed by atoms with E-state index in [-0.39, 0.29) is 5.82 Å². The predicted molar refractivity (Wildman–Crippen MR) is 119 cm³/mol. The number of benzene rings is 1. The number of hydrogen-bond donors (Lipinski definition) is 0. The van der Waals surface area contributed by atoms with E-state index in [0.717, 1.165) is 31.2 Å². The molecule has 5 heteroatoms. The van der Waals surface area contributed by atoms with Crippen molar-refractivity contribution in [2.24, 2.45) is 0 Å². The van der Waals surface area contributed by atoms with Gasteiger partial charge in [-0.2, -0.15) is 0 Å². The van der Waals surface area contributed by atoms with Crippen LogP contribution >= 0.6 is 0 Å². The maximum absolute atomic E-state index is 14.5. The van der Waals surface area contributed by atoms with Gasteiger partial charge in [-0.3, -0.25) is 0 Å². The van der Waals surface area contributed by atoms with Gasteiger partial charge in [0.2, 0.25) is 0 Å². The molecule has 0 radical (unpaired) electrons. The molecule has 1 atom stereocenters. The summed E-state index contributed by atoms with van der Waals surface area (Å²) in [5, 5.41) is 0. The van der Waals surface area contributed by atoms with Crippen molar-refractivity contribution in [3.05, 3.63) is 42.0 Å². The van der Waals surface area contributed by atoms with Crippen LogP contribution in [0.1, 0.15) is 83.6 Å². The Morgan fingerprint density at radius 2 is 1.63 bits per heavy atom. The first-order valence-electron chi connectivity index (χ1n) is 11.5. The van der Waals surface area contributed by atoms with Crippen LogP contribution in [0.15, 0.2) is 30.6 Å². The number of rotatable bonds is 15. The first-order chi connectivity index (χ1) is 14.6. The second-order valence-corrected chi connectivity index (χ2v) is 8.05. The number of hydrogen-bond acceptors (Lipinski definition) is 3. The third-order valence-electron chi connectivity index (χ3n) is 5.24. The lowest BCUT2D eigenvalue weighted by Gasteiger charge is -2.08. The van der Waals surface area contributed by atoms with E-state index in [4.69, 9.17) is 4.74 Å². The summed E-state index contributed by atoms with van der Waals surface area (Å²) < 4.78 is 33.0. The first kappa shape index (κ1) is 24.2. The highest BCUT2D eigenvalue weighted by atomic mass is 19.1. The first-order valence-corrected chi connectivity index (χ1v) is 11.5. The van der Waals surface area contributed by atoms with Gasteiger partial charge in [0.1, 0.15) is 5.82 Å². The highest BCUT2D eigenvalue weighted by Crippen LogP contribution is 2.22. The molecular weight excluding hydrogens is 382 g/mol. The summed E-state index contributed by atoms with van der Waals surface area (Å²) in [4.78, 5) is 8.53. The second kappa shape index (κ2) is 14.1. The number of halogens is 2. The Morgan fingerprint density at radius 3 is 2.30 bits per heavy atom. The Hall–Kier alpha value is -2.04. The molecule has 2 rings (SSSR count). The van der Waals surface area contributed by atoms with Gasteiger partial charge in [-0.25, -0.2) is 18.7 Å². The smallest absolute Gasteiger partial charge is 0.162 e. The fourth-order valence-electron chi connectivity index (χ4n) is 3.43. The molecule has 1 aromatic heterocycles. The molecule has 0 aliphatic heterocycles. The fraction of sp³-hybridized carbons (Fsp3) is 0.600. The van der Waals surface area contributed by atoms with E-state index < -0.39 is 6.17 Å². The number of nitrogens with zero attached hydrogens (tertiary/aromatic N) is 2. The summed E-state index contributed by atoms with van der Waals surface area (Å²) in [7, 11) is 0. The van der Waals surface area contributed by atoms with Gasteiger partial charge in [0.25, 0.3) is 0 Å². The van der Waals surface area contributed by atoms with Crippen LogP contribution in [-0.2, 0) is 6.42 Å². The molecule has 0 fully saturated rings. The van der Waals surface area contributed by atoms with Crippen LogP contribution in [0.4, 0.5) is 8.78 Å². The van der Waals surface area contributed by atoms with Gasteiger partial charge in [0, 0.05) is 0 Å². The molecule has 1 heterocycles. The van der Waals surface area contributed by atoms with Crippen LogP contribution in [0, 0.1) is 5.82 Å². The molecule has 2 aromatic rings. The molecule has 0 aliphatic carbocycles. The minimum Gasteiger partial charge on any atom is -0.490 e. The standard InChI is InChI=1S/C25H36F2N2O/c1-3-4-5-6-7-8-11-16-30-22-18-28-25(29-19-22)23-15-14-21(17-24(23)27)13-10-9-12-20(2)26/h14-15,17-20H,3-13,16H2,1-2H3. The predicted octanol–water partition coefficient (Wildman–Crippen LogP) is 7.48. The Balaban J connectivity index is 1.76. The van der Waals surface area contributed by atoms with Crippen LogP contribution in [0.25, 0.3) is 11.4 Å². The monoisotopic (exact) mass is 418 g/mol. The summed E-state index contributed by atoms with van der Waals surface area (Å²) in [6.45, 7) is 4.45. The van der Waals surface area contributed by atoms with Gasteiger partial charge < -0.3 is 4.74 Å². The second-order valence-electron chi connectivity index (χ2n) is 8.05. The molecule has 3 nitrogen and oxygen atoms in total. The normalized spacial score (nSPS) is 12.1. The van der Waals surface area contributed by atoms with E-state index in [0.29, 0.717) is 30.2 Å². The van der Waals surface area contributed by atoms with Crippen molar-refractivity contribution in [2.45, 2.75) is 90.6 Å². The minimum absolute atomic E-state index is 0.330. The molecule has 1 unspecified atom stereocenters. The van der Waals surface area contributed by atoms with E-state index in [1.165, 1.54) is 44.6 Å². The summed E-state index contributed by atoms with van der Waals surface area (Å²) in [6, 6.07) is 5.14. The maximum Gasteiger partial charge on any atom is 0.162 e. The van der Waals surface area contributed by atoms with Gasteiger partial charge in [-0.15, -0.1) is 0 Å². The van der Waals surface area contributed by atoms with Crippen molar-refractivity contribution < 1.29 is 13.5 Å². The van der Waals surface area contributed by atoms with Crippen LogP contribution < -0.4 is 4.74 Å². The van der Waals surface area contributed by atoms with Crippen LogP contribution in [-0.4, -0.2) is 22.7 Å². The van der Waals surface area contributed by atoms with Gasteiger partial charge in [-0.1, -0.05) is 57.9 Å². The van der Waals surface area contributed by atoms with Crippen molar-refractivity contribution in [3.63, 3.8) is 0 Å². The zero-order valence-electron chi connectivity index (χ0n) is 18.5. The molecule has 1 aromatic carbocycles. The molecule has 166 valence electrons. The minimum atomic E-state index is -0.774. The number of ether oxygens (including phenoxy) is 1. The fourth-order valence-corrected chi connectivity index (χ4v) is 3.43. The Morgan fingerprint density at radius 1 is 0.933 bits per heavy atom. The highest BCUT2D eigenvalue weighted by molar-refractivity contribution is 5.56. The Kier molecular flexibility index (Phi) is 11.3. The van der Waals surface area contributed by atoms with Crippen molar-refractivity contribution in [3.8, 4) is 17.1 Å². The van der Waals surface area contributed by atoms with E-state index in [2.05, 4.69) is 16.9 Å². The van der Waals surface area contributed by atoms with Crippen molar-refractivity contribution >= 4 is 0 Å². The molecule has 0 bridgehead atoms. The zero-order chi connectivity index (χ0) is 21.6. The van der Waals surface area contributed by atoms with Gasteiger partial charge in [0.15, 0.2) is 11.6 Å². The Bertz CT molecular complexity index is 720. The van der Waals surface area contributed by atoms with E-state index in [9.17, 15) is 8.78 Å². The third kappa shape index (κ3) is 9.19. The van der Waals surface area contributed by atoms with Gasteiger partial charge in [-0.05, 0) is 50.3 Å². The molecule has 0 amide bonds. The van der Waals surface area contributed by atoms with E-state index in [1.54, 1.807) is 25.4 Å². The molecule has 0 aliphatic rings. The molecular formula is C25H36F2N2O.